The normalized spacial score (nSPS) is 16.4. The van der Waals surface area contributed by atoms with Crippen LogP contribution in [-0.2, 0) is 4.74 Å². The fourth-order valence-corrected chi connectivity index (χ4v) is 3.20. The van der Waals surface area contributed by atoms with Gasteiger partial charge in [0, 0.05) is 31.1 Å². The number of hydrogen-bond acceptors (Lipinski definition) is 4. The molecule has 1 fully saturated rings. The zero-order valence-corrected chi connectivity index (χ0v) is 15.3. The molecule has 1 saturated heterocycles. The van der Waals surface area contributed by atoms with E-state index in [1.54, 1.807) is 17.1 Å². The standard InChI is InChI=1S/C21H22N4O2/c1-15-6-8-17(9-7-15)25-20(16-4-2-10-22-13-16)12-19(24-25)21(26)23-14-18-5-3-11-27-18/h2,4,6-10,12-13,18H,3,5,11,14H2,1H3,(H,23,26)/t18-/m0/s1. The monoisotopic (exact) mass is 362 g/mol. The Hall–Kier alpha value is -2.99. The molecule has 6 nitrogen and oxygen atoms in total. The highest BCUT2D eigenvalue weighted by molar-refractivity contribution is 5.93. The molecule has 4 rings (SSSR count). The number of carbonyl (C=O) groups is 1. The molecule has 1 aliphatic heterocycles. The van der Waals surface area contributed by atoms with Crippen molar-refractivity contribution in [3.8, 4) is 16.9 Å². The van der Waals surface area contributed by atoms with E-state index < -0.39 is 0 Å². The quantitative estimate of drug-likeness (QED) is 0.757. The van der Waals surface area contributed by atoms with E-state index in [4.69, 9.17) is 4.74 Å². The Bertz CT molecular complexity index is 913. The van der Waals surface area contributed by atoms with Crippen LogP contribution in [0.5, 0.6) is 0 Å². The lowest BCUT2D eigenvalue weighted by molar-refractivity contribution is 0.0853. The smallest absolute Gasteiger partial charge is 0.271 e. The van der Waals surface area contributed by atoms with E-state index in [0.29, 0.717) is 12.2 Å². The minimum atomic E-state index is -0.193. The fraction of sp³-hybridized carbons (Fsp3) is 0.286. The highest BCUT2D eigenvalue weighted by atomic mass is 16.5. The molecule has 0 bridgehead atoms. The number of hydrogen-bond donors (Lipinski definition) is 1. The predicted octanol–water partition coefficient (Wildman–Crippen LogP) is 3.15. The van der Waals surface area contributed by atoms with Gasteiger partial charge in [0.15, 0.2) is 5.69 Å². The lowest BCUT2D eigenvalue weighted by Gasteiger charge is -2.09. The number of nitrogens with zero attached hydrogens (tertiary/aromatic N) is 3. The largest absolute Gasteiger partial charge is 0.376 e. The summed E-state index contributed by atoms with van der Waals surface area (Å²) < 4.78 is 7.36. The van der Waals surface area contributed by atoms with Crippen molar-refractivity contribution < 1.29 is 9.53 Å². The van der Waals surface area contributed by atoms with Crippen molar-refractivity contribution in [1.29, 1.82) is 0 Å². The molecule has 1 aromatic carbocycles. The van der Waals surface area contributed by atoms with Crippen LogP contribution in [0.4, 0.5) is 0 Å². The zero-order chi connectivity index (χ0) is 18.6. The van der Waals surface area contributed by atoms with Crippen LogP contribution in [0.2, 0.25) is 0 Å². The van der Waals surface area contributed by atoms with E-state index in [1.807, 2.05) is 49.4 Å². The van der Waals surface area contributed by atoms with E-state index in [2.05, 4.69) is 15.4 Å². The first kappa shape index (κ1) is 17.4. The summed E-state index contributed by atoms with van der Waals surface area (Å²) in [6, 6.07) is 13.7. The minimum absolute atomic E-state index is 0.103. The average molecular weight is 362 g/mol. The predicted molar refractivity (Wildman–Crippen MR) is 103 cm³/mol. The Balaban J connectivity index is 1.64. The Labute approximate surface area is 158 Å². The van der Waals surface area contributed by atoms with E-state index >= 15 is 0 Å². The molecule has 0 unspecified atom stereocenters. The molecular formula is C21H22N4O2. The van der Waals surface area contributed by atoms with Gasteiger partial charge in [-0.05, 0) is 50.1 Å². The van der Waals surface area contributed by atoms with E-state index in [-0.39, 0.29) is 12.0 Å². The first-order chi connectivity index (χ1) is 13.2. The second-order valence-corrected chi connectivity index (χ2v) is 6.75. The Morgan fingerprint density at radius 2 is 2.15 bits per heavy atom. The van der Waals surface area contributed by atoms with Gasteiger partial charge < -0.3 is 10.1 Å². The molecule has 3 heterocycles. The van der Waals surface area contributed by atoms with Crippen LogP contribution in [0.3, 0.4) is 0 Å². The fourth-order valence-electron chi connectivity index (χ4n) is 3.20. The van der Waals surface area contributed by atoms with E-state index in [9.17, 15) is 4.79 Å². The summed E-state index contributed by atoms with van der Waals surface area (Å²) in [5.74, 6) is -0.193. The number of aryl methyl sites for hydroxylation is 1. The number of ether oxygens (including phenoxy) is 1. The maximum absolute atomic E-state index is 12.6. The summed E-state index contributed by atoms with van der Waals surface area (Å²) in [5, 5.41) is 7.51. The third-order valence-corrected chi connectivity index (χ3v) is 4.69. The average Bonchev–Trinajstić information content (AvgIpc) is 3.37. The Morgan fingerprint density at radius 3 is 2.85 bits per heavy atom. The molecule has 0 saturated carbocycles. The number of pyridine rings is 1. The van der Waals surface area contributed by atoms with Crippen molar-refractivity contribution in [3.63, 3.8) is 0 Å². The van der Waals surface area contributed by atoms with Gasteiger partial charge in [-0.1, -0.05) is 17.7 Å². The van der Waals surface area contributed by atoms with Gasteiger partial charge in [0.05, 0.1) is 17.5 Å². The number of aromatic nitrogens is 3. The Morgan fingerprint density at radius 1 is 1.30 bits per heavy atom. The summed E-state index contributed by atoms with van der Waals surface area (Å²) in [7, 11) is 0. The van der Waals surface area contributed by atoms with Crippen LogP contribution >= 0.6 is 0 Å². The van der Waals surface area contributed by atoms with Gasteiger partial charge in [-0.3, -0.25) is 9.78 Å². The molecular weight excluding hydrogens is 340 g/mol. The Kier molecular flexibility index (Phi) is 4.98. The SMILES string of the molecule is Cc1ccc(-n2nc(C(=O)NC[C@@H]3CCCO3)cc2-c2cccnc2)cc1. The molecule has 1 aliphatic rings. The molecule has 138 valence electrons. The van der Waals surface area contributed by atoms with E-state index in [1.165, 1.54) is 5.56 Å². The van der Waals surface area contributed by atoms with Gasteiger partial charge in [-0.2, -0.15) is 5.10 Å². The highest BCUT2D eigenvalue weighted by Crippen LogP contribution is 2.23. The van der Waals surface area contributed by atoms with Gasteiger partial charge in [0.1, 0.15) is 0 Å². The lowest BCUT2D eigenvalue weighted by Crippen LogP contribution is -2.32. The van der Waals surface area contributed by atoms with Gasteiger partial charge in [0.25, 0.3) is 5.91 Å². The van der Waals surface area contributed by atoms with Gasteiger partial charge in [-0.25, -0.2) is 4.68 Å². The van der Waals surface area contributed by atoms with Gasteiger partial charge >= 0.3 is 0 Å². The minimum Gasteiger partial charge on any atom is -0.376 e. The van der Waals surface area contributed by atoms with Gasteiger partial charge in [0.2, 0.25) is 0 Å². The van der Waals surface area contributed by atoms with Crippen LogP contribution in [0, 0.1) is 6.92 Å². The molecule has 0 aliphatic carbocycles. The molecule has 3 aromatic rings. The third kappa shape index (κ3) is 3.90. The zero-order valence-electron chi connectivity index (χ0n) is 15.3. The van der Waals surface area contributed by atoms with E-state index in [0.717, 1.165) is 36.4 Å². The van der Waals surface area contributed by atoms with Crippen LogP contribution in [0.15, 0.2) is 54.9 Å². The second kappa shape index (κ2) is 7.72. The van der Waals surface area contributed by atoms with Crippen molar-refractivity contribution in [2.45, 2.75) is 25.9 Å². The number of amides is 1. The summed E-state index contributed by atoms with van der Waals surface area (Å²) >= 11 is 0. The third-order valence-electron chi connectivity index (χ3n) is 4.69. The number of benzene rings is 1. The molecule has 27 heavy (non-hydrogen) atoms. The summed E-state index contributed by atoms with van der Waals surface area (Å²) in [5.41, 5.74) is 4.19. The first-order valence-electron chi connectivity index (χ1n) is 9.18. The summed E-state index contributed by atoms with van der Waals surface area (Å²) in [4.78, 5) is 16.8. The maximum atomic E-state index is 12.6. The molecule has 1 amide bonds. The van der Waals surface area contributed by atoms with Crippen molar-refractivity contribution >= 4 is 5.91 Å². The maximum Gasteiger partial charge on any atom is 0.271 e. The first-order valence-corrected chi connectivity index (χ1v) is 9.18. The van der Waals surface area contributed by atoms with Crippen LogP contribution in [-0.4, -0.2) is 39.9 Å². The summed E-state index contributed by atoms with van der Waals surface area (Å²) in [6.07, 6.45) is 5.64. The molecule has 0 spiro atoms. The molecule has 6 heteroatoms. The van der Waals surface area contributed by atoms with Crippen LogP contribution < -0.4 is 5.32 Å². The van der Waals surface area contributed by atoms with Crippen molar-refractivity contribution in [3.05, 3.63) is 66.1 Å². The number of nitrogens with one attached hydrogen (secondary N) is 1. The topological polar surface area (TPSA) is 69.0 Å². The number of rotatable bonds is 5. The molecule has 1 atom stereocenters. The van der Waals surface area contributed by atoms with Crippen molar-refractivity contribution in [1.82, 2.24) is 20.1 Å². The van der Waals surface area contributed by atoms with Crippen LogP contribution in [0.1, 0.15) is 28.9 Å². The van der Waals surface area contributed by atoms with Crippen LogP contribution in [0.25, 0.3) is 16.9 Å². The summed E-state index contributed by atoms with van der Waals surface area (Å²) in [6.45, 7) is 3.32. The molecule has 2 aromatic heterocycles. The second-order valence-electron chi connectivity index (χ2n) is 6.75. The lowest BCUT2D eigenvalue weighted by atomic mass is 10.2. The molecule has 1 N–H and O–H groups in total. The van der Waals surface area contributed by atoms with Crippen molar-refractivity contribution in [2.75, 3.05) is 13.2 Å². The van der Waals surface area contributed by atoms with Crippen molar-refractivity contribution in [2.24, 2.45) is 0 Å². The van der Waals surface area contributed by atoms with Gasteiger partial charge in [-0.15, -0.1) is 0 Å². The number of carbonyl (C=O) groups excluding carboxylic acids is 1. The highest BCUT2D eigenvalue weighted by Gasteiger charge is 2.20. The molecule has 0 radical (unpaired) electrons.